The van der Waals surface area contributed by atoms with Gasteiger partial charge in [-0.2, -0.15) is 13.2 Å². The zero-order valence-corrected chi connectivity index (χ0v) is 7.11. The molecule has 0 nitrogen and oxygen atoms in total. The molecule has 0 aliphatic rings. The van der Waals surface area contributed by atoms with Crippen LogP contribution in [0.25, 0.3) is 6.08 Å². The molecule has 1 aromatic rings. The molecule has 0 aliphatic heterocycles. The van der Waals surface area contributed by atoms with E-state index in [2.05, 4.69) is 6.92 Å². The molecule has 0 aromatic heterocycles. The number of halogens is 4. The Balaban J connectivity index is 3.28. The van der Waals surface area contributed by atoms with Gasteiger partial charge in [-0.25, -0.2) is 4.39 Å². The molecule has 0 N–H and O–H groups in total. The molecule has 0 atom stereocenters. The minimum Gasteiger partial charge on any atom is -0.206 e. The Morgan fingerprint density at radius 3 is 2.36 bits per heavy atom. The van der Waals surface area contributed by atoms with Gasteiger partial charge in [-0.1, -0.05) is 24.3 Å². The molecule has 0 aliphatic carbocycles. The van der Waals surface area contributed by atoms with E-state index < -0.39 is 17.6 Å². The zero-order chi connectivity index (χ0) is 10.8. The third-order valence-corrected chi connectivity index (χ3v) is 1.63. The predicted octanol–water partition coefficient (Wildman–Crippen LogP) is 3.69. The smallest absolute Gasteiger partial charge is 0.206 e. The maximum atomic E-state index is 13.2. The van der Waals surface area contributed by atoms with Gasteiger partial charge in [-0.15, -0.1) is 0 Å². The monoisotopic (exact) mass is 203 g/mol. The summed E-state index contributed by atoms with van der Waals surface area (Å²) >= 11 is 0. The van der Waals surface area contributed by atoms with Crippen molar-refractivity contribution < 1.29 is 17.6 Å². The highest BCUT2D eigenvalue weighted by molar-refractivity contribution is 5.52. The summed E-state index contributed by atoms with van der Waals surface area (Å²) in [6.45, 7) is 3.29. The quantitative estimate of drug-likeness (QED) is 0.610. The highest BCUT2D eigenvalue weighted by atomic mass is 19.4. The van der Waals surface area contributed by atoms with E-state index >= 15 is 0 Å². The van der Waals surface area contributed by atoms with E-state index in [0.717, 1.165) is 6.07 Å². The van der Waals surface area contributed by atoms with E-state index in [1.165, 1.54) is 18.2 Å². The summed E-state index contributed by atoms with van der Waals surface area (Å²) in [5.74, 6) is -1.26. The Bertz CT molecular complexity index is 350. The minimum atomic E-state index is -4.66. The lowest BCUT2D eigenvalue weighted by atomic mass is 10.1. The molecule has 0 unspecified atom stereocenters. The van der Waals surface area contributed by atoms with Crippen LogP contribution in [0.1, 0.15) is 11.1 Å². The molecule has 1 rings (SSSR count). The maximum absolute atomic E-state index is 13.2. The van der Waals surface area contributed by atoms with Crippen LogP contribution < -0.4 is 0 Å². The molecule has 0 saturated heterocycles. The summed E-state index contributed by atoms with van der Waals surface area (Å²) in [5.41, 5.74) is -1.37. The summed E-state index contributed by atoms with van der Waals surface area (Å²) in [4.78, 5) is 0. The van der Waals surface area contributed by atoms with Gasteiger partial charge in [0.25, 0.3) is 0 Å². The summed E-state index contributed by atoms with van der Waals surface area (Å²) in [7, 11) is 0. The standard InChI is InChI=1S/C10H7F4/c1-2-4-7-5-3-6-8(9(7)11)10(12,13)14/h2-6H,1H2. The Kier molecular flexibility index (Phi) is 2.93. The van der Waals surface area contributed by atoms with Crippen LogP contribution in [0.15, 0.2) is 24.3 Å². The van der Waals surface area contributed by atoms with Crippen molar-refractivity contribution in [2.24, 2.45) is 0 Å². The van der Waals surface area contributed by atoms with Gasteiger partial charge in [0.05, 0.1) is 5.56 Å². The summed E-state index contributed by atoms with van der Waals surface area (Å²) in [5, 5.41) is 0. The fourth-order valence-electron chi connectivity index (χ4n) is 1.02. The second kappa shape index (κ2) is 3.82. The lowest BCUT2D eigenvalue weighted by Crippen LogP contribution is -2.08. The molecule has 0 bridgehead atoms. The second-order valence-corrected chi connectivity index (χ2v) is 2.61. The lowest BCUT2D eigenvalue weighted by Gasteiger charge is -2.08. The third kappa shape index (κ3) is 2.13. The van der Waals surface area contributed by atoms with Crippen LogP contribution in [0.3, 0.4) is 0 Å². The fourth-order valence-corrected chi connectivity index (χ4v) is 1.02. The molecule has 1 radical (unpaired) electrons. The molecule has 0 spiro atoms. The van der Waals surface area contributed by atoms with E-state index in [0.29, 0.717) is 6.07 Å². The first-order valence-electron chi connectivity index (χ1n) is 3.78. The van der Waals surface area contributed by atoms with Crippen molar-refractivity contribution in [1.82, 2.24) is 0 Å². The van der Waals surface area contributed by atoms with Crippen LogP contribution in [0.2, 0.25) is 0 Å². The van der Waals surface area contributed by atoms with Crippen LogP contribution >= 0.6 is 0 Å². The van der Waals surface area contributed by atoms with E-state index in [1.807, 2.05) is 0 Å². The van der Waals surface area contributed by atoms with Crippen molar-refractivity contribution in [3.8, 4) is 0 Å². The third-order valence-electron chi connectivity index (χ3n) is 1.63. The predicted molar refractivity (Wildman–Crippen MR) is 45.8 cm³/mol. The molecule has 0 heterocycles. The molecule has 0 saturated carbocycles. The Morgan fingerprint density at radius 2 is 1.86 bits per heavy atom. The highest BCUT2D eigenvalue weighted by Gasteiger charge is 2.34. The van der Waals surface area contributed by atoms with Crippen molar-refractivity contribution in [3.63, 3.8) is 0 Å². The second-order valence-electron chi connectivity index (χ2n) is 2.61. The molecule has 0 fully saturated rings. The Morgan fingerprint density at radius 1 is 1.21 bits per heavy atom. The van der Waals surface area contributed by atoms with Gasteiger partial charge in [0, 0.05) is 5.56 Å². The van der Waals surface area contributed by atoms with Gasteiger partial charge >= 0.3 is 6.18 Å². The van der Waals surface area contributed by atoms with Gasteiger partial charge in [-0.05, 0) is 13.0 Å². The summed E-state index contributed by atoms with van der Waals surface area (Å²) in [6.07, 6.45) is -2.24. The molecule has 75 valence electrons. The number of hydrogen-bond donors (Lipinski definition) is 0. The number of benzene rings is 1. The van der Waals surface area contributed by atoms with Crippen LogP contribution in [0.4, 0.5) is 17.6 Å². The van der Waals surface area contributed by atoms with Crippen LogP contribution in [0.5, 0.6) is 0 Å². The van der Waals surface area contributed by atoms with E-state index in [1.54, 1.807) is 0 Å². The largest absolute Gasteiger partial charge is 0.419 e. The van der Waals surface area contributed by atoms with Crippen molar-refractivity contribution in [1.29, 1.82) is 0 Å². The van der Waals surface area contributed by atoms with Gasteiger partial charge in [0.2, 0.25) is 0 Å². The van der Waals surface area contributed by atoms with Gasteiger partial charge in [0.1, 0.15) is 5.82 Å². The van der Waals surface area contributed by atoms with Crippen molar-refractivity contribution in [2.45, 2.75) is 6.18 Å². The minimum absolute atomic E-state index is 0.116. The topological polar surface area (TPSA) is 0 Å². The molecule has 14 heavy (non-hydrogen) atoms. The Hall–Kier alpha value is -1.32. The molecule has 4 heteroatoms. The van der Waals surface area contributed by atoms with Crippen molar-refractivity contribution >= 4 is 6.08 Å². The van der Waals surface area contributed by atoms with E-state index in [-0.39, 0.29) is 5.56 Å². The molecular weight excluding hydrogens is 196 g/mol. The SMILES string of the molecule is [CH2]C=Cc1cccc(C(F)(F)F)c1F. The zero-order valence-electron chi connectivity index (χ0n) is 7.11. The first kappa shape index (κ1) is 10.8. The number of hydrogen-bond acceptors (Lipinski definition) is 0. The Labute approximate surface area is 78.9 Å². The molecular formula is C10H7F4. The van der Waals surface area contributed by atoms with Crippen LogP contribution in [-0.4, -0.2) is 0 Å². The van der Waals surface area contributed by atoms with Crippen molar-refractivity contribution in [3.05, 3.63) is 48.1 Å². The van der Waals surface area contributed by atoms with Crippen LogP contribution in [-0.2, 0) is 6.18 Å². The van der Waals surface area contributed by atoms with E-state index in [4.69, 9.17) is 0 Å². The average molecular weight is 203 g/mol. The lowest BCUT2D eigenvalue weighted by molar-refractivity contribution is -0.140. The summed E-state index contributed by atoms with van der Waals surface area (Å²) in [6, 6.07) is 3.11. The highest BCUT2D eigenvalue weighted by Crippen LogP contribution is 2.32. The summed E-state index contributed by atoms with van der Waals surface area (Å²) < 4.78 is 49.7. The first-order valence-corrected chi connectivity index (χ1v) is 3.78. The average Bonchev–Trinajstić information content (AvgIpc) is 2.07. The number of allylic oxidation sites excluding steroid dienone is 1. The molecule has 1 aromatic carbocycles. The fraction of sp³-hybridized carbons (Fsp3) is 0.100. The normalized spacial score (nSPS) is 12.4. The van der Waals surface area contributed by atoms with Crippen molar-refractivity contribution in [2.75, 3.05) is 0 Å². The number of rotatable bonds is 1. The molecule has 0 amide bonds. The maximum Gasteiger partial charge on any atom is 0.419 e. The first-order chi connectivity index (χ1) is 6.46. The van der Waals surface area contributed by atoms with Gasteiger partial charge < -0.3 is 0 Å². The van der Waals surface area contributed by atoms with Crippen LogP contribution in [0, 0.1) is 12.7 Å². The van der Waals surface area contributed by atoms with E-state index in [9.17, 15) is 17.6 Å². The number of alkyl halides is 3. The van der Waals surface area contributed by atoms with Gasteiger partial charge in [-0.3, -0.25) is 0 Å². The van der Waals surface area contributed by atoms with Gasteiger partial charge in [0.15, 0.2) is 0 Å².